The molecule has 0 bridgehead atoms. The zero-order valence-electron chi connectivity index (χ0n) is 14.6. The zero-order valence-corrected chi connectivity index (χ0v) is 14.6. The molecule has 2 N–H and O–H groups in total. The van der Waals surface area contributed by atoms with Gasteiger partial charge in [-0.15, -0.1) is 0 Å². The quantitative estimate of drug-likeness (QED) is 0.656. The smallest absolute Gasteiger partial charge is 0.198 e. The summed E-state index contributed by atoms with van der Waals surface area (Å²) in [6, 6.07) is 15.6. The number of methoxy groups -OCH3 is 1. The predicted molar refractivity (Wildman–Crippen MR) is 101 cm³/mol. The highest BCUT2D eigenvalue weighted by Crippen LogP contribution is 2.29. The van der Waals surface area contributed by atoms with Crippen LogP contribution in [-0.4, -0.2) is 36.2 Å². The summed E-state index contributed by atoms with van der Waals surface area (Å²) in [7, 11) is 1.55. The second-order valence-corrected chi connectivity index (χ2v) is 6.15. The largest absolute Gasteiger partial charge is 0.504 e. The molecular formula is C20H25N3O2. The van der Waals surface area contributed by atoms with E-state index < -0.39 is 0 Å². The van der Waals surface area contributed by atoms with Gasteiger partial charge in [0.25, 0.3) is 0 Å². The summed E-state index contributed by atoms with van der Waals surface area (Å²) >= 11 is 0. The molecule has 0 aliphatic carbocycles. The Morgan fingerprint density at radius 2 is 1.84 bits per heavy atom. The first-order chi connectivity index (χ1) is 12.3. The number of piperidine rings is 1. The van der Waals surface area contributed by atoms with Crippen molar-refractivity contribution in [1.82, 2.24) is 4.90 Å². The Morgan fingerprint density at radius 1 is 1.08 bits per heavy atom. The van der Waals surface area contributed by atoms with Gasteiger partial charge in [-0.05, 0) is 37.5 Å². The maximum Gasteiger partial charge on any atom is 0.198 e. The van der Waals surface area contributed by atoms with E-state index in [0.29, 0.717) is 12.3 Å². The van der Waals surface area contributed by atoms with Crippen LogP contribution in [0.2, 0.25) is 0 Å². The maximum atomic E-state index is 10.3. The summed E-state index contributed by atoms with van der Waals surface area (Å²) in [6.07, 6.45) is 3.63. The van der Waals surface area contributed by atoms with E-state index in [1.807, 2.05) is 42.5 Å². The van der Waals surface area contributed by atoms with Crippen LogP contribution in [0.15, 0.2) is 53.5 Å². The Bertz CT molecular complexity index is 710. The number of nitrogens with zero attached hydrogens (tertiary/aromatic N) is 2. The average molecular weight is 339 g/mol. The van der Waals surface area contributed by atoms with Gasteiger partial charge in [0, 0.05) is 24.3 Å². The second-order valence-electron chi connectivity index (χ2n) is 6.15. The van der Waals surface area contributed by atoms with E-state index >= 15 is 0 Å². The standard InChI is InChI=1S/C20H25N3O2/c1-25-18-12-8-9-16(19(18)24)15-21-20(23-13-6-3-7-14-23)22-17-10-4-2-5-11-17/h2,4-5,8-12,24H,3,6-7,13-15H2,1H3,(H,21,22). The van der Waals surface area contributed by atoms with E-state index in [-0.39, 0.29) is 5.75 Å². The van der Waals surface area contributed by atoms with Crippen molar-refractivity contribution in [1.29, 1.82) is 0 Å². The molecule has 5 heteroatoms. The molecule has 1 fully saturated rings. The lowest BCUT2D eigenvalue weighted by atomic mass is 10.1. The number of likely N-dealkylation sites (tertiary alicyclic amines) is 1. The number of nitrogens with one attached hydrogen (secondary N) is 1. The summed E-state index contributed by atoms with van der Waals surface area (Å²) in [5, 5.41) is 13.7. The first-order valence-electron chi connectivity index (χ1n) is 8.74. The number of rotatable bonds is 4. The molecule has 25 heavy (non-hydrogen) atoms. The van der Waals surface area contributed by atoms with E-state index in [2.05, 4.69) is 10.2 Å². The van der Waals surface area contributed by atoms with Gasteiger partial charge in [0.1, 0.15) is 0 Å². The van der Waals surface area contributed by atoms with E-state index in [4.69, 9.17) is 9.73 Å². The molecule has 0 radical (unpaired) electrons. The minimum atomic E-state index is 0.159. The lowest BCUT2D eigenvalue weighted by Gasteiger charge is -2.30. The van der Waals surface area contributed by atoms with Gasteiger partial charge in [-0.2, -0.15) is 0 Å². The van der Waals surface area contributed by atoms with Gasteiger partial charge in [-0.3, -0.25) is 0 Å². The molecule has 5 nitrogen and oxygen atoms in total. The molecule has 2 aromatic carbocycles. The van der Waals surface area contributed by atoms with Crippen LogP contribution in [0.1, 0.15) is 24.8 Å². The number of phenolic OH excluding ortho intramolecular Hbond substituents is 1. The Kier molecular flexibility index (Phi) is 5.77. The summed E-state index contributed by atoms with van der Waals surface area (Å²) in [5.41, 5.74) is 1.77. The number of phenols is 1. The molecule has 0 atom stereocenters. The Hall–Kier alpha value is -2.69. The van der Waals surface area contributed by atoms with Crippen molar-refractivity contribution in [2.45, 2.75) is 25.8 Å². The highest BCUT2D eigenvalue weighted by Gasteiger charge is 2.15. The molecule has 1 aliphatic heterocycles. The number of para-hydroxylation sites is 2. The van der Waals surface area contributed by atoms with Crippen LogP contribution >= 0.6 is 0 Å². The lowest BCUT2D eigenvalue weighted by molar-refractivity contribution is 0.340. The van der Waals surface area contributed by atoms with Crippen molar-refractivity contribution >= 4 is 11.6 Å². The van der Waals surface area contributed by atoms with Crippen molar-refractivity contribution in [2.75, 3.05) is 25.5 Å². The van der Waals surface area contributed by atoms with Crippen molar-refractivity contribution < 1.29 is 9.84 Å². The summed E-state index contributed by atoms with van der Waals surface area (Å²) < 4.78 is 5.18. The van der Waals surface area contributed by atoms with Crippen molar-refractivity contribution in [3.8, 4) is 11.5 Å². The molecule has 0 aromatic heterocycles. The van der Waals surface area contributed by atoms with Gasteiger partial charge in [0.15, 0.2) is 17.5 Å². The molecule has 1 aliphatic rings. The maximum absolute atomic E-state index is 10.3. The number of benzene rings is 2. The number of ether oxygens (including phenoxy) is 1. The van der Waals surface area contributed by atoms with Crippen LogP contribution in [-0.2, 0) is 6.54 Å². The third-order valence-electron chi connectivity index (χ3n) is 4.39. The van der Waals surface area contributed by atoms with Gasteiger partial charge in [0.2, 0.25) is 0 Å². The first-order valence-corrected chi connectivity index (χ1v) is 8.74. The molecule has 2 aromatic rings. The molecular weight excluding hydrogens is 314 g/mol. The van der Waals surface area contributed by atoms with Crippen LogP contribution < -0.4 is 10.1 Å². The van der Waals surface area contributed by atoms with Gasteiger partial charge < -0.3 is 20.1 Å². The zero-order chi connectivity index (χ0) is 17.5. The number of hydrogen-bond donors (Lipinski definition) is 2. The minimum Gasteiger partial charge on any atom is -0.504 e. The fourth-order valence-corrected chi connectivity index (χ4v) is 3.00. The molecule has 0 amide bonds. The number of anilines is 1. The molecule has 0 spiro atoms. The summed E-state index contributed by atoms with van der Waals surface area (Å²) in [6.45, 7) is 2.40. The molecule has 0 saturated carbocycles. The Balaban J connectivity index is 1.81. The average Bonchev–Trinajstić information content (AvgIpc) is 2.67. The molecule has 0 unspecified atom stereocenters. The van der Waals surface area contributed by atoms with E-state index in [1.165, 1.54) is 19.3 Å². The van der Waals surface area contributed by atoms with Gasteiger partial charge >= 0.3 is 0 Å². The van der Waals surface area contributed by atoms with Crippen LogP contribution in [0.3, 0.4) is 0 Å². The Labute approximate surface area is 149 Å². The molecule has 1 saturated heterocycles. The SMILES string of the molecule is COc1cccc(CN=C(Nc2ccccc2)N2CCCCC2)c1O. The number of hydrogen-bond acceptors (Lipinski definition) is 3. The fourth-order valence-electron chi connectivity index (χ4n) is 3.00. The fraction of sp³-hybridized carbons (Fsp3) is 0.350. The van der Waals surface area contributed by atoms with Crippen molar-refractivity contribution in [3.05, 3.63) is 54.1 Å². The van der Waals surface area contributed by atoms with Crippen LogP contribution in [0.5, 0.6) is 11.5 Å². The van der Waals surface area contributed by atoms with Gasteiger partial charge in [-0.25, -0.2) is 4.99 Å². The van der Waals surface area contributed by atoms with Gasteiger partial charge in [0.05, 0.1) is 13.7 Å². The monoisotopic (exact) mass is 339 g/mol. The van der Waals surface area contributed by atoms with E-state index in [1.54, 1.807) is 13.2 Å². The number of aliphatic imine (C=N–C) groups is 1. The van der Waals surface area contributed by atoms with E-state index in [0.717, 1.165) is 30.3 Å². The summed E-state index contributed by atoms with van der Waals surface area (Å²) in [5.74, 6) is 1.49. The third kappa shape index (κ3) is 4.44. The number of aromatic hydroxyl groups is 1. The highest BCUT2D eigenvalue weighted by atomic mass is 16.5. The van der Waals surface area contributed by atoms with Crippen LogP contribution in [0.4, 0.5) is 5.69 Å². The third-order valence-corrected chi connectivity index (χ3v) is 4.39. The van der Waals surface area contributed by atoms with Crippen molar-refractivity contribution in [3.63, 3.8) is 0 Å². The lowest BCUT2D eigenvalue weighted by Crippen LogP contribution is -2.40. The minimum absolute atomic E-state index is 0.159. The van der Waals surface area contributed by atoms with Crippen molar-refractivity contribution in [2.24, 2.45) is 4.99 Å². The van der Waals surface area contributed by atoms with E-state index in [9.17, 15) is 5.11 Å². The number of guanidine groups is 1. The molecule has 132 valence electrons. The van der Waals surface area contributed by atoms with Crippen LogP contribution in [0.25, 0.3) is 0 Å². The Morgan fingerprint density at radius 3 is 2.56 bits per heavy atom. The molecule has 1 heterocycles. The molecule has 3 rings (SSSR count). The summed E-state index contributed by atoms with van der Waals surface area (Å²) in [4.78, 5) is 7.05. The normalized spacial score (nSPS) is 15.1. The second kappa shape index (κ2) is 8.42. The first kappa shape index (κ1) is 17.1. The van der Waals surface area contributed by atoms with Crippen LogP contribution in [0, 0.1) is 0 Å². The predicted octanol–water partition coefficient (Wildman–Crippen LogP) is 3.85. The topological polar surface area (TPSA) is 57.1 Å². The van der Waals surface area contributed by atoms with Gasteiger partial charge in [-0.1, -0.05) is 30.3 Å². The highest BCUT2D eigenvalue weighted by molar-refractivity contribution is 5.93.